The molecule has 0 amide bonds. The first kappa shape index (κ1) is 13.7. The molecule has 7 heteroatoms. The molecule has 17 heavy (non-hydrogen) atoms. The van der Waals surface area contributed by atoms with Crippen molar-refractivity contribution < 1.29 is 4.92 Å². The summed E-state index contributed by atoms with van der Waals surface area (Å²) in [6.07, 6.45) is 3.56. The van der Waals surface area contributed by atoms with Crippen LogP contribution in [-0.4, -0.2) is 29.0 Å². The molecule has 1 unspecified atom stereocenters. The van der Waals surface area contributed by atoms with Gasteiger partial charge in [0.2, 0.25) is 5.82 Å². The Morgan fingerprint density at radius 1 is 1.65 bits per heavy atom. The van der Waals surface area contributed by atoms with E-state index >= 15 is 0 Å². The highest BCUT2D eigenvalue weighted by Crippen LogP contribution is 2.30. The van der Waals surface area contributed by atoms with Gasteiger partial charge in [0.15, 0.2) is 0 Å². The standard InChI is InChI=1S/C10H14N4O2.ClH/c11-7-8-3-2-6-13(8)10-9(14(15)16)4-1-5-12-10;/h1,4-5,8H,2-3,6-7,11H2;1H. The largest absolute Gasteiger partial charge is 0.347 e. The minimum absolute atomic E-state index is 0. The smallest absolute Gasteiger partial charge is 0.311 e. The van der Waals surface area contributed by atoms with Crippen molar-refractivity contribution in [2.24, 2.45) is 5.73 Å². The van der Waals surface area contributed by atoms with Crippen LogP contribution in [0.1, 0.15) is 12.8 Å². The second-order valence-electron chi connectivity index (χ2n) is 3.83. The Morgan fingerprint density at radius 3 is 3.06 bits per heavy atom. The first-order valence-corrected chi connectivity index (χ1v) is 5.30. The second-order valence-corrected chi connectivity index (χ2v) is 3.83. The van der Waals surface area contributed by atoms with Crippen molar-refractivity contribution in [3.63, 3.8) is 0 Å². The molecule has 2 N–H and O–H groups in total. The van der Waals surface area contributed by atoms with Gasteiger partial charge in [-0.25, -0.2) is 4.98 Å². The number of aromatic nitrogens is 1. The average molecular weight is 259 g/mol. The van der Waals surface area contributed by atoms with E-state index < -0.39 is 4.92 Å². The Morgan fingerprint density at radius 2 is 2.41 bits per heavy atom. The van der Waals surface area contributed by atoms with E-state index in [-0.39, 0.29) is 24.1 Å². The number of rotatable bonds is 3. The first-order chi connectivity index (χ1) is 7.74. The van der Waals surface area contributed by atoms with E-state index in [9.17, 15) is 10.1 Å². The van der Waals surface area contributed by atoms with E-state index in [1.807, 2.05) is 4.90 Å². The minimum Gasteiger partial charge on any atom is -0.347 e. The van der Waals surface area contributed by atoms with Crippen molar-refractivity contribution in [1.82, 2.24) is 4.98 Å². The number of nitrogens with two attached hydrogens (primary N) is 1. The lowest BCUT2D eigenvalue weighted by Crippen LogP contribution is -2.36. The predicted molar refractivity (Wildman–Crippen MR) is 67.6 cm³/mol. The molecule has 2 heterocycles. The van der Waals surface area contributed by atoms with Crippen molar-refractivity contribution in [3.8, 4) is 0 Å². The van der Waals surface area contributed by atoms with Crippen LogP contribution in [0.3, 0.4) is 0 Å². The summed E-state index contributed by atoms with van der Waals surface area (Å²) < 4.78 is 0. The topological polar surface area (TPSA) is 85.3 Å². The zero-order valence-corrected chi connectivity index (χ0v) is 10.1. The van der Waals surface area contributed by atoms with Crippen molar-refractivity contribution in [3.05, 3.63) is 28.4 Å². The van der Waals surface area contributed by atoms with Crippen LogP contribution in [0.15, 0.2) is 18.3 Å². The first-order valence-electron chi connectivity index (χ1n) is 5.30. The number of halogens is 1. The molecule has 2 rings (SSSR count). The Kier molecular flexibility index (Phi) is 4.65. The molecular formula is C10H15ClN4O2. The fourth-order valence-electron chi connectivity index (χ4n) is 2.11. The number of hydrogen-bond acceptors (Lipinski definition) is 5. The van der Waals surface area contributed by atoms with Crippen LogP contribution in [0, 0.1) is 10.1 Å². The molecule has 0 radical (unpaired) electrons. The van der Waals surface area contributed by atoms with E-state index in [0.717, 1.165) is 19.4 Å². The van der Waals surface area contributed by atoms with E-state index in [1.165, 1.54) is 6.07 Å². The lowest BCUT2D eigenvalue weighted by molar-refractivity contribution is -0.384. The minimum atomic E-state index is -0.395. The van der Waals surface area contributed by atoms with Crippen LogP contribution in [0.4, 0.5) is 11.5 Å². The molecular weight excluding hydrogens is 244 g/mol. The van der Waals surface area contributed by atoms with Crippen molar-refractivity contribution >= 4 is 23.9 Å². The number of nitro groups is 1. The summed E-state index contributed by atoms with van der Waals surface area (Å²) >= 11 is 0. The normalized spacial score (nSPS) is 18.9. The number of pyridine rings is 1. The Labute approximate surface area is 105 Å². The maximum atomic E-state index is 10.9. The maximum Gasteiger partial charge on any atom is 0.311 e. The van der Waals surface area contributed by atoms with Crippen molar-refractivity contribution in [1.29, 1.82) is 0 Å². The molecule has 1 aromatic rings. The molecule has 1 aliphatic rings. The quantitative estimate of drug-likeness (QED) is 0.653. The van der Waals surface area contributed by atoms with Gasteiger partial charge in [-0.1, -0.05) is 0 Å². The zero-order valence-electron chi connectivity index (χ0n) is 9.28. The molecule has 0 aliphatic carbocycles. The summed E-state index contributed by atoms with van der Waals surface area (Å²) in [5.41, 5.74) is 5.71. The fraction of sp³-hybridized carbons (Fsp3) is 0.500. The average Bonchev–Trinajstić information content (AvgIpc) is 2.76. The van der Waals surface area contributed by atoms with Gasteiger partial charge in [0.1, 0.15) is 0 Å². The SMILES string of the molecule is Cl.NCC1CCCN1c1ncccc1[N+](=O)[O-]. The molecule has 94 valence electrons. The summed E-state index contributed by atoms with van der Waals surface area (Å²) in [6.45, 7) is 1.30. The Hall–Kier alpha value is -1.40. The van der Waals surface area contributed by atoms with E-state index in [0.29, 0.717) is 12.4 Å². The van der Waals surface area contributed by atoms with Gasteiger partial charge in [0.25, 0.3) is 0 Å². The lowest BCUT2D eigenvalue weighted by atomic mass is 10.2. The van der Waals surface area contributed by atoms with Crippen LogP contribution >= 0.6 is 12.4 Å². The Balaban J connectivity index is 0.00000144. The highest BCUT2D eigenvalue weighted by atomic mass is 35.5. The highest BCUT2D eigenvalue weighted by molar-refractivity contribution is 5.85. The summed E-state index contributed by atoms with van der Waals surface area (Å²) in [5, 5.41) is 10.9. The van der Waals surface area contributed by atoms with Gasteiger partial charge in [-0.2, -0.15) is 0 Å². The third-order valence-electron chi connectivity index (χ3n) is 2.88. The summed E-state index contributed by atoms with van der Waals surface area (Å²) in [6, 6.07) is 3.23. The summed E-state index contributed by atoms with van der Waals surface area (Å²) in [5.74, 6) is 0.445. The fourth-order valence-corrected chi connectivity index (χ4v) is 2.11. The Bertz CT molecular complexity index is 402. The van der Waals surface area contributed by atoms with Crippen LogP contribution < -0.4 is 10.6 Å². The van der Waals surface area contributed by atoms with Crippen molar-refractivity contribution in [2.45, 2.75) is 18.9 Å². The van der Waals surface area contributed by atoms with Gasteiger partial charge in [0.05, 0.1) is 4.92 Å². The van der Waals surface area contributed by atoms with E-state index in [1.54, 1.807) is 12.3 Å². The van der Waals surface area contributed by atoms with E-state index in [4.69, 9.17) is 5.73 Å². The molecule has 1 saturated heterocycles. The predicted octanol–water partition coefficient (Wildman–Crippen LogP) is 1.34. The monoisotopic (exact) mass is 258 g/mol. The molecule has 1 fully saturated rings. The van der Waals surface area contributed by atoms with Gasteiger partial charge in [0, 0.05) is 31.4 Å². The molecule has 1 aliphatic heterocycles. The van der Waals surface area contributed by atoms with E-state index in [2.05, 4.69) is 4.98 Å². The molecule has 0 bridgehead atoms. The van der Waals surface area contributed by atoms with Gasteiger partial charge in [-0.3, -0.25) is 10.1 Å². The molecule has 6 nitrogen and oxygen atoms in total. The van der Waals surface area contributed by atoms with Gasteiger partial charge < -0.3 is 10.6 Å². The van der Waals surface area contributed by atoms with Crippen LogP contribution in [-0.2, 0) is 0 Å². The van der Waals surface area contributed by atoms with Gasteiger partial charge >= 0.3 is 5.69 Å². The lowest BCUT2D eigenvalue weighted by Gasteiger charge is -2.23. The van der Waals surface area contributed by atoms with Gasteiger partial charge in [-0.05, 0) is 18.9 Å². The maximum absolute atomic E-state index is 10.9. The number of anilines is 1. The third kappa shape index (κ3) is 2.65. The molecule has 1 atom stereocenters. The summed E-state index contributed by atoms with van der Waals surface area (Å²) in [7, 11) is 0. The third-order valence-corrected chi connectivity index (χ3v) is 2.88. The molecule has 1 aromatic heterocycles. The van der Waals surface area contributed by atoms with Crippen molar-refractivity contribution in [2.75, 3.05) is 18.0 Å². The molecule has 0 saturated carbocycles. The number of nitrogens with zero attached hydrogens (tertiary/aromatic N) is 3. The van der Waals surface area contributed by atoms with Crippen LogP contribution in [0.25, 0.3) is 0 Å². The molecule has 0 aromatic carbocycles. The zero-order chi connectivity index (χ0) is 11.5. The highest BCUT2D eigenvalue weighted by Gasteiger charge is 2.29. The van der Waals surface area contributed by atoms with Crippen LogP contribution in [0.5, 0.6) is 0 Å². The van der Waals surface area contributed by atoms with Crippen LogP contribution in [0.2, 0.25) is 0 Å². The second kappa shape index (κ2) is 5.79. The summed E-state index contributed by atoms with van der Waals surface area (Å²) in [4.78, 5) is 16.5. The van der Waals surface area contributed by atoms with Gasteiger partial charge in [-0.15, -0.1) is 12.4 Å². The number of hydrogen-bond donors (Lipinski definition) is 1. The molecule has 0 spiro atoms.